The molecular formula is C15H20ClNO. The van der Waals surface area contributed by atoms with Gasteiger partial charge in [0.05, 0.1) is 11.1 Å². The van der Waals surface area contributed by atoms with Crippen LogP contribution in [0.15, 0.2) is 18.2 Å². The molecule has 3 heteroatoms. The third-order valence-corrected chi connectivity index (χ3v) is 4.28. The van der Waals surface area contributed by atoms with Crippen molar-refractivity contribution in [3.8, 4) is 5.75 Å². The van der Waals surface area contributed by atoms with E-state index in [9.17, 15) is 0 Å². The van der Waals surface area contributed by atoms with Crippen LogP contribution in [0.25, 0.3) is 0 Å². The zero-order valence-corrected chi connectivity index (χ0v) is 11.4. The van der Waals surface area contributed by atoms with E-state index in [1.54, 1.807) is 0 Å². The van der Waals surface area contributed by atoms with Gasteiger partial charge in [-0.05, 0) is 62.8 Å². The van der Waals surface area contributed by atoms with E-state index in [1.807, 2.05) is 6.07 Å². The Labute approximate surface area is 114 Å². The van der Waals surface area contributed by atoms with E-state index in [0.29, 0.717) is 12.1 Å². The molecule has 1 aromatic rings. The maximum atomic E-state index is 6.29. The van der Waals surface area contributed by atoms with Crippen molar-refractivity contribution >= 4 is 11.6 Å². The lowest BCUT2D eigenvalue weighted by molar-refractivity contribution is 0.120. The summed E-state index contributed by atoms with van der Waals surface area (Å²) in [6.07, 6.45) is 7.66. The Hall–Kier alpha value is -0.730. The second-order valence-electron chi connectivity index (χ2n) is 5.43. The molecule has 2 aliphatic rings. The summed E-state index contributed by atoms with van der Waals surface area (Å²) in [7, 11) is 0. The molecule has 0 radical (unpaired) electrons. The molecule has 18 heavy (non-hydrogen) atoms. The summed E-state index contributed by atoms with van der Waals surface area (Å²) < 4.78 is 5.86. The normalized spacial score (nSPS) is 23.9. The van der Waals surface area contributed by atoms with Gasteiger partial charge in [-0.3, -0.25) is 0 Å². The van der Waals surface area contributed by atoms with Crippen LogP contribution in [0, 0.1) is 0 Å². The zero-order valence-electron chi connectivity index (χ0n) is 10.6. The van der Waals surface area contributed by atoms with Gasteiger partial charge in [0.1, 0.15) is 5.75 Å². The molecule has 1 unspecified atom stereocenters. The fourth-order valence-corrected chi connectivity index (χ4v) is 2.90. The highest BCUT2D eigenvalue weighted by Crippen LogP contribution is 2.31. The molecule has 98 valence electrons. The number of benzene rings is 1. The first-order valence-electron chi connectivity index (χ1n) is 7.00. The molecule has 0 amide bonds. The van der Waals surface area contributed by atoms with E-state index in [0.717, 1.165) is 23.7 Å². The molecule has 1 saturated heterocycles. The lowest BCUT2D eigenvalue weighted by atomic mass is 9.96. The second kappa shape index (κ2) is 5.50. The first-order chi connectivity index (χ1) is 8.81. The monoisotopic (exact) mass is 265 g/mol. The van der Waals surface area contributed by atoms with Crippen LogP contribution in [0.4, 0.5) is 0 Å². The third kappa shape index (κ3) is 2.81. The van der Waals surface area contributed by atoms with Crippen LogP contribution in [0.3, 0.4) is 0 Å². The molecule has 1 saturated carbocycles. The van der Waals surface area contributed by atoms with Gasteiger partial charge in [-0.15, -0.1) is 0 Å². The minimum absolute atomic E-state index is 0.393. The van der Waals surface area contributed by atoms with Crippen molar-refractivity contribution in [2.45, 2.75) is 50.7 Å². The lowest BCUT2D eigenvalue weighted by Gasteiger charge is -2.27. The van der Waals surface area contributed by atoms with Crippen LogP contribution in [0.5, 0.6) is 5.75 Å². The van der Waals surface area contributed by atoms with Crippen LogP contribution < -0.4 is 10.1 Å². The van der Waals surface area contributed by atoms with Crippen molar-refractivity contribution in [2.75, 3.05) is 6.54 Å². The van der Waals surface area contributed by atoms with Gasteiger partial charge in [0.25, 0.3) is 0 Å². The van der Waals surface area contributed by atoms with Crippen molar-refractivity contribution in [2.24, 2.45) is 0 Å². The van der Waals surface area contributed by atoms with Crippen molar-refractivity contribution < 1.29 is 4.74 Å². The first kappa shape index (κ1) is 12.3. The number of nitrogens with one attached hydrogen (secondary N) is 1. The highest BCUT2D eigenvalue weighted by molar-refractivity contribution is 6.32. The van der Waals surface area contributed by atoms with Gasteiger partial charge in [0, 0.05) is 6.04 Å². The number of hydrogen-bond donors (Lipinski definition) is 1. The Morgan fingerprint density at radius 3 is 2.72 bits per heavy atom. The maximum Gasteiger partial charge on any atom is 0.138 e. The van der Waals surface area contributed by atoms with Crippen molar-refractivity contribution in [1.82, 2.24) is 5.32 Å². The smallest absolute Gasteiger partial charge is 0.138 e. The summed E-state index contributed by atoms with van der Waals surface area (Å²) in [4.78, 5) is 0. The fraction of sp³-hybridized carbons (Fsp3) is 0.600. The summed E-state index contributed by atoms with van der Waals surface area (Å²) >= 11 is 6.29. The SMILES string of the molecule is Clc1cc(CC2CCCN2)ccc1OC1CCC1. The molecule has 1 aliphatic carbocycles. The van der Waals surface area contributed by atoms with E-state index in [1.165, 1.54) is 37.7 Å². The minimum Gasteiger partial charge on any atom is -0.489 e. The van der Waals surface area contributed by atoms with E-state index in [-0.39, 0.29) is 0 Å². The predicted molar refractivity (Wildman–Crippen MR) is 74.4 cm³/mol. The Morgan fingerprint density at radius 1 is 1.22 bits per heavy atom. The Morgan fingerprint density at radius 2 is 2.11 bits per heavy atom. The Bertz CT molecular complexity index is 411. The molecule has 0 bridgehead atoms. The Kier molecular flexibility index (Phi) is 3.76. The van der Waals surface area contributed by atoms with Gasteiger partial charge in [0.15, 0.2) is 0 Å². The Balaban J connectivity index is 1.63. The quantitative estimate of drug-likeness (QED) is 0.899. The molecule has 2 fully saturated rings. The maximum absolute atomic E-state index is 6.29. The number of halogens is 1. The van der Waals surface area contributed by atoms with Gasteiger partial charge >= 0.3 is 0 Å². The van der Waals surface area contributed by atoms with Crippen molar-refractivity contribution in [1.29, 1.82) is 0 Å². The van der Waals surface area contributed by atoms with E-state index >= 15 is 0 Å². The molecule has 3 rings (SSSR count). The van der Waals surface area contributed by atoms with Crippen LogP contribution in [-0.4, -0.2) is 18.7 Å². The summed E-state index contributed by atoms with van der Waals surface area (Å²) in [5.74, 6) is 0.851. The zero-order chi connectivity index (χ0) is 12.4. The number of hydrogen-bond acceptors (Lipinski definition) is 2. The highest BCUT2D eigenvalue weighted by Gasteiger charge is 2.20. The van der Waals surface area contributed by atoms with Gasteiger partial charge in [-0.25, -0.2) is 0 Å². The lowest BCUT2D eigenvalue weighted by Crippen LogP contribution is -2.25. The molecule has 1 atom stereocenters. The van der Waals surface area contributed by atoms with Gasteiger partial charge in [0.2, 0.25) is 0 Å². The molecule has 2 nitrogen and oxygen atoms in total. The molecular weight excluding hydrogens is 246 g/mol. The van der Waals surface area contributed by atoms with Crippen LogP contribution >= 0.6 is 11.6 Å². The van der Waals surface area contributed by atoms with Crippen LogP contribution in [0.2, 0.25) is 5.02 Å². The molecule has 0 spiro atoms. The fourth-order valence-electron chi connectivity index (χ4n) is 2.65. The molecule has 1 aromatic carbocycles. The summed E-state index contributed by atoms with van der Waals surface area (Å²) in [6, 6.07) is 6.87. The van der Waals surface area contributed by atoms with E-state index in [2.05, 4.69) is 17.4 Å². The number of ether oxygens (including phenoxy) is 1. The van der Waals surface area contributed by atoms with E-state index < -0.39 is 0 Å². The topological polar surface area (TPSA) is 21.3 Å². The average molecular weight is 266 g/mol. The van der Waals surface area contributed by atoms with E-state index in [4.69, 9.17) is 16.3 Å². The summed E-state index contributed by atoms with van der Waals surface area (Å²) in [5.41, 5.74) is 1.31. The second-order valence-corrected chi connectivity index (χ2v) is 5.84. The van der Waals surface area contributed by atoms with Crippen molar-refractivity contribution in [3.05, 3.63) is 28.8 Å². The molecule has 1 heterocycles. The largest absolute Gasteiger partial charge is 0.489 e. The highest BCUT2D eigenvalue weighted by atomic mass is 35.5. The summed E-state index contributed by atoms with van der Waals surface area (Å²) in [6.45, 7) is 1.15. The first-order valence-corrected chi connectivity index (χ1v) is 7.37. The molecule has 1 aliphatic heterocycles. The third-order valence-electron chi connectivity index (χ3n) is 3.99. The minimum atomic E-state index is 0.393. The molecule has 0 aromatic heterocycles. The average Bonchev–Trinajstić information content (AvgIpc) is 2.78. The van der Waals surface area contributed by atoms with Gasteiger partial charge < -0.3 is 10.1 Å². The predicted octanol–water partition coefficient (Wildman–Crippen LogP) is 3.57. The number of rotatable bonds is 4. The summed E-state index contributed by atoms with van der Waals surface area (Å²) in [5, 5.41) is 4.28. The van der Waals surface area contributed by atoms with Crippen LogP contribution in [0.1, 0.15) is 37.7 Å². The van der Waals surface area contributed by atoms with Crippen LogP contribution in [-0.2, 0) is 6.42 Å². The van der Waals surface area contributed by atoms with Gasteiger partial charge in [-0.2, -0.15) is 0 Å². The van der Waals surface area contributed by atoms with Gasteiger partial charge in [-0.1, -0.05) is 17.7 Å². The standard InChI is InChI=1S/C15H20ClNO/c16-14-10-11(9-12-3-2-8-17-12)6-7-15(14)18-13-4-1-5-13/h6-7,10,12-13,17H,1-5,8-9H2. The molecule has 1 N–H and O–H groups in total. The van der Waals surface area contributed by atoms with Crippen molar-refractivity contribution in [3.63, 3.8) is 0 Å².